The number of pyridine rings is 1. The van der Waals surface area contributed by atoms with Gasteiger partial charge in [0, 0.05) is 68.0 Å². The van der Waals surface area contributed by atoms with E-state index in [-0.39, 0.29) is 12.8 Å². The first-order chi connectivity index (χ1) is 16.3. The standard InChI is InChI=1S/C28H30N4O.H3N/c33-20-4-15-31-16-18-32(19-17-31)25-10-8-24(9-11-25)30-28-13-14-29-27-12-7-23(21-26(27)28)22-5-2-1-3-6-22;/h1-3,5-14,21,33H,4,15-20H2,(H,29,30);1H3. The molecule has 0 aliphatic carbocycles. The van der Waals surface area contributed by atoms with Gasteiger partial charge >= 0.3 is 0 Å². The van der Waals surface area contributed by atoms with Crippen LogP contribution in [0.2, 0.25) is 0 Å². The maximum atomic E-state index is 9.04. The first kappa shape index (κ1) is 23.7. The molecule has 0 saturated carbocycles. The summed E-state index contributed by atoms with van der Waals surface area (Å²) in [6, 6.07) is 27.6. The van der Waals surface area contributed by atoms with Crippen LogP contribution < -0.4 is 16.4 Å². The highest BCUT2D eigenvalue weighted by Crippen LogP contribution is 2.30. The third kappa shape index (κ3) is 5.37. The number of aromatic nitrogens is 1. The van der Waals surface area contributed by atoms with Gasteiger partial charge in [-0.2, -0.15) is 0 Å². The molecule has 6 heteroatoms. The summed E-state index contributed by atoms with van der Waals surface area (Å²) < 4.78 is 0. The number of piperazine rings is 1. The van der Waals surface area contributed by atoms with E-state index in [9.17, 15) is 0 Å². The lowest BCUT2D eigenvalue weighted by Gasteiger charge is -2.36. The Balaban J connectivity index is 0.00000274. The summed E-state index contributed by atoms with van der Waals surface area (Å²) in [6.07, 6.45) is 2.72. The lowest BCUT2D eigenvalue weighted by molar-refractivity contribution is 0.216. The lowest BCUT2D eigenvalue weighted by atomic mass is 10.0. The van der Waals surface area contributed by atoms with Crippen LogP contribution in [-0.2, 0) is 0 Å². The summed E-state index contributed by atoms with van der Waals surface area (Å²) in [5.41, 5.74) is 6.76. The van der Waals surface area contributed by atoms with Gasteiger partial charge in [0.2, 0.25) is 0 Å². The van der Waals surface area contributed by atoms with Crippen LogP contribution in [0, 0.1) is 0 Å². The summed E-state index contributed by atoms with van der Waals surface area (Å²) >= 11 is 0. The molecule has 1 aliphatic heterocycles. The van der Waals surface area contributed by atoms with Crippen LogP contribution in [0.3, 0.4) is 0 Å². The van der Waals surface area contributed by atoms with Crippen molar-refractivity contribution in [2.45, 2.75) is 6.42 Å². The Labute approximate surface area is 201 Å². The van der Waals surface area contributed by atoms with Gasteiger partial charge in [0.05, 0.1) is 5.52 Å². The predicted molar refractivity (Wildman–Crippen MR) is 142 cm³/mol. The molecule has 1 aromatic heterocycles. The van der Waals surface area contributed by atoms with Crippen molar-refractivity contribution in [1.29, 1.82) is 0 Å². The fourth-order valence-electron chi connectivity index (χ4n) is 4.50. The summed E-state index contributed by atoms with van der Waals surface area (Å²) in [5, 5.41) is 13.7. The molecule has 1 saturated heterocycles. The maximum Gasteiger partial charge on any atom is 0.0723 e. The Morgan fingerprint density at radius 2 is 1.59 bits per heavy atom. The van der Waals surface area contributed by atoms with E-state index in [1.54, 1.807) is 0 Å². The van der Waals surface area contributed by atoms with Crippen LogP contribution in [0.4, 0.5) is 17.1 Å². The highest BCUT2D eigenvalue weighted by Gasteiger charge is 2.16. The van der Waals surface area contributed by atoms with Crippen LogP contribution in [0.25, 0.3) is 22.0 Å². The van der Waals surface area contributed by atoms with Crippen LogP contribution in [-0.4, -0.2) is 54.3 Å². The molecule has 1 fully saturated rings. The van der Waals surface area contributed by atoms with Gasteiger partial charge in [0.1, 0.15) is 0 Å². The molecular weight excluding hydrogens is 422 g/mol. The first-order valence-electron chi connectivity index (χ1n) is 11.7. The third-order valence-electron chi connectivity index (χ3n) is 6.36. The SMILES string of the molecule is N.OCCCN1CCN(c2ccc(Nc3ccnc4ccc(-c5ccccc5)cc34)cc2)CC1. The average molecular weight is 456 g/mol. The summed E-state index contributed by atoms with van der Waals surface area (Å²) in [5.74, 6) is 0. The molecule has 0 bridgehead atoms. The number of nitrogens with zero attached hydrogens (tertiary/aromatic N) is 3. The number of rotatable bonds is 7. The van der Waals surface area contributed by atoms with E-state index < -0.39 is 0 Å². The third-order valence-corrected chi connectivity index (χ3v) is 6.36. The van der Waals surface area contributed by atoms with E-state index >= 15 is 0 Å². The molecule has 176 valence electrons. The van der Waals surface area contributed by atoms with Crippen LogP contribution >= 0.6 is 0 Å². The number of nitrogens with one attached hydrogen (secondary N) is 1. The van der Waals surface area contributed by atoms with Gasteiger partial charge in [-0.05, 0) is 60.0 Å². The number of hydrogen-bond donors (Lipinski definition) is 3. The van der Waals surface area contributed by atoms with Crippen LogP contribution in [0.5, 0.6) is 0 Å². The second-order valence-electron chi connectivity index (χ2n) is 8.53. The van der Waals surface area contributed by atoms with E-state index in [4.69, 9.17) is 5.11 Å². The smallest absolute Gasteiger partial charge is 0.0723 e. The summed E-state index contributed by atoms with van der Waals surface area (Å²) in [7, 11) is 0. The van der Waals surface area contributed by atoms with E-state index in [1.807, 2.05) is 18.3 Å². The maximum absolute atomic E-state index is 9.04. The molecule has 6 nitrogen and oxygen atoms in total. The molecule has 4 aromatic rings. The molecule has 0 amide bonds. The fraction of sp³-hybridized carbons (Fsp3) is 0.250. The van der Waals surface area contributed by atoms with Crippen molar-refractivity contribution >= 4 is 28.0 Å². The molecule has 5 N–H and O–H groups in total. The Morgan fingerprint density at radius 3 is 2.32 bits per heavy atom. The summed E-state index contributed by atoms with van der Waals surface area (Å²) in [4.78, 5) is 9.42. The molecular formula is C28H33N5O. The molecule has 1 aliphatic rings. The van der Waals surface area contributed by atoms with E-state index in [0.29, 0.717) is 0 Å². The molecule has 5 rings (SSSR count). The molecule has 3 aromatic carbocycles. The topological polar surface area (TPSA) is 86.6 Å². The van der Waals surface area contributed by atoms with Gasteiger partial charge in [-0.1, -0.05) is 36.4 Å². The second kappa shape index (κ2) is 11.1. The highest BCUT2D eigenvalue weighted by molar-refractivity contribution is 5.95. The van der Waals surface area contributed by atoms with Crippen molar-refractivity contribution in [3.63, 3.8) is 0 Å². The van der Waals surface area contributed by atoms with Crippen molar-refractivity contribution in [1.82, 2.24) is 16.0 Å². The second-order valence-corrected chi connectivity index (χ2v) is 8.53. The zero-order chi connectivity index (χ0) is 22.5. The Kier molecular flexibility index (Phi) is 7.75. The minimum Gasteiger partial charge on any atom is -0.396 e. The van der Waals surface area contributed by atoms with Crippen molar-refractivity contribution in [3.05, 3.63) is 85.1 Å². The van der Waals surface area contributed by atoms with Gasteiger partial charge < -0.3 is 21.5 Å². The van der Waals surface area contributed by atoms with E-state index in [0.717, 1.165) is 61.4 Å². The van der Waals surface area contributed by atoms with Gasteiger partial charge in [-0.15, -0.1) is 0 Å². The first-order valence-corrected chi connectivity index (χ1v) is 11.7. The minimum atomic E-state index is 0. The van der Waals surface area contributed by atoms with Gasteiger partial charge in [0.15, 0.2) is 0 Å². The summed E-state index contributed by atoms with van der Waals surface area (Å²) in [6.45, 7) is 5.40. The molecule has 2 heterocycles. The van der Waals surface area contributed by atoms with Crippen LogP contribution in [0.1, 0.15) is 6.42 Å². The molecule has 34 heavy (non-hydrogen) atoms. The molecule has 0 unspecified atom stereocenters. The number of aliphatic hydroxyl groups excluding tert-OH is 1. The van der Waals surface area contributed by atoms with Gasteiger partial charge in [-0.25, -0.2) is 0 Å². The molecule has 0 atom stereocenters. The zero-order valence-electron chi connectivity index (χ0n) is 19.5. The number of benzene rings is 3. The Bertz CT molecular complexity index is 1190. The number of fused-ring (bicyclic) bond motifs is 1. The monoisotopic (exact) mass is 455 g/mol. The predicted octanol–water partition coefficient (Wildman–Crippen LogP) is 5.31. The van der Waals surface area contributed by atoms with Crippen molar-refractivity contribution in [3.8, 4) is 11.1 Å². The van der Waals surface area contributed by atoms with Gasteiger partial charge in [-0.3, -0.25) is 9.88 Å². The zero-order valence-corrected chi connectivity index (χ0v) is 19.5. The van der Waals surface area contributed by atoms with E-state index in [2.05, 4.69) is 86.8 Å². The number of aliphatic hydroxyl groups is 1. The lowest BCUT2D eigenvalue weighted by Crippen LogP contribution is -2.46. The minimum absolute atomic E-state index is 0. The van der Waals surface area contributed by atoms with Crippen molar-refractivity contribution in [2.75, 3.05) is 49.5 Å². The Hall–Kier alpha value is -3.45. The number of hydrogen-bond acceptors (Lipinski definition) is 6. The average Bonchev–Trinajstić information content (AvgIpc) is 2.89. The highest BCUT2D eigenvalue weighted by atomic mass is 16.3. The molecule has 0 radical (unpaired) electrons. The van der Waals surface area contributed by atoms with Gasteiger partial charge in [0.25, 0.3) is 0 Å². The fourth-order valence-corrected chi connectivity index (χ4v) is 4.50. The van der Waals surface area contributed by atoms with Crippen molar-refractivity contribution in [2.24, 2.45) is 0 Å². The quantitative estimate of drug-likeness (QED) is 0.350. The van der Waals surface area contributed by atoms with Crippen LogP contribution in [0.15, 0.2) is 85.1 Å². The molecule has 0 spiro atoms. The normalized spacial score (nSPS) is 14.1. The van der Waals surface area contributed by atoms with Crippen molar-refractivity contribution < 1.29 is 5.11 Å². The van der Waals surface area contributed by atoms with E-state index in [1.165, 1.54) is 16.8 Å². The number of anilines is 3. The Morgan fingerprint density at radius 1 is 0.824 bits per heavy atom. The largest absolute Gasteiger partial charge is 0.396 e.